The molecule has 10 nitrogen and oxygen atoms in total. The van der Waals surface area contributed by atoms with Gasteiger partial charge in [0.05, 0.1) is 4.90 Å². The average molecular weight is 515 g/mol. The first-order valence-electron chi connectivity index (χ1n) is 11.4. The van der Waals surface area contributed by atoms with E-state index in [1.165, 1.54) is 4.31 Å². The van der Waals surface area contributed by atoms with Crippen molar-refractivity contribution in [2.45, 2.75) is 24.8 Å². The summed E-state index contributed by atoms with van der Waals surface area (Å²) >= 11 is 0. The summed E-state index contributed by atoms with van der Waals surface area (Å²) in [5.74, 6) is 5.00. The molecule has 0 aliphatic carbocycles. The number of amides is 2. The molecule has 0 bridgehead atoms. The van der Waals surface area contributed by atoms with Gasteiger partial charge in [0.1, 0.15) is 18.4 Å². The standard InChI is InChI=1S/C25H30N4O6S/c1-3-4-17-35-21-9-7-20(8-10-21)24(30)26-18-23(25(31)27-32)28-13-15-29(16-14-28)36(33,34)22-11-5-19(2)6-12-22/h5-12,23,32H,13-18H2,1-2H3,(H,26,30)(H,27,31)/t23-/m0/s1. The number of rotatable bonds is 9. The minimum Gasteiger partial charge on any atom is -0.481 e. The summed E-state index contributed by atoms with van der Waals surface area (Å²) < 4.78 is 32.7. The van der Waals surface area contributed by atoms with Crippen molar-refractivity contribution < 1.29 is 28.0 Å². The van der Waals surface area contributed by atoms with Gasteiger partial charge in [-0.15, -0.1) is 5.92 Å². The van der Waals surface area contributed by atoms with E-state index in [9.17, 15) is 23.2 Å². The van der Waals surface area contributed by atoms with Gasteiger partial charge in [0, 0.05) is 38.3 Å². The second kappa shape index (κ2) is 12.5. The Hall–Kier alpha value is -3.43. The van der Waals surface area contributed by atoms with E-state index in [1.54, 1.807) is 65.8 Å². The Kier molecular flexibility index (Phi) is 9.44. The van der Waals surface area contributed by atoms with E-state index in [0.717, 1.165) is 5.56 Å². The number of hydrogen-bond acceptors (Lipinski definition) is 7. The van der Waals surface area contributed by atoms with Gasteiger partial charge in [-0.3, -0.25) is 19.7 Å². The van der Waals surface area contributed by atoms with Crippen LogP contribution in [-0.2, 0) is 14.8 Å². The second-order valence-electron chi connectivity index (χ2n) is 8.19. The Labute approximate surface area is 211 Å². The number of piperazine rings is 1. The van der Waals surface area contributed by atoms with Crippen molar-refractivity contribution >= 4 is 21.8 Å². The van der Waals surface area contributed by atoms with Crippen LogP contribution in [0.3, 0.4) is 0 Å². The summed E-state index contributed by atoms with van der Waals surface area (Å²) in [4.78, 5) is 26.9. The molecule has 3 rings (SSSR count). The number of benzene rings is 2. The molecule has 1 aliphatic heterocycles. The number of hydroxylamine groups is 1. The molecule has 11 heteroatoms. The van der Waals surface area contributed by atoms with Crippen molar-refractivity contribution in [1.82, 2.24) is 20.0 Å². The zero-order chi connectivity index (χ0) is 26.1. The Morgan fingerprint density at radius 3 is 2.28 bits per heavy atom. The molecule has 0 radical (unpaired) electrons. The van der Waals surface area contributed by atoms with Gasteiger partial charge < -0.3 is 10.1 Å². The van der Waals surface area contributed by atoms with Crippen molar-refractivity contribution in [2.24, 2.45) is 0 Å². The van der Waals surface area contributed by atoms with E-state index in [4.69, 9.17) is 4.74 Å². The molecule has 0 unspecified atom stereocenters. The number of carbonyl (C=O) groups is 2. The SMILES string of the molecule is CC#CCOc1ccc(C(=O)NC[C@@H](C(=O)NO)N2CCN(S(=O)(=O)c3ccc(C)cc3)CC2)cc1. The summed E-state index contributed by atoms with van der Waals surface area (Å²) in [6.07, 6.45) is 0. The fraction of sp³-hybridized carbons (Fsp3) is 0.360. The molecule has 36 heavy (non-hydrogen) atoms. The number of sulfonamides is 1. The summed E-state index contributed by atoms with van der Waals surface area (Å²) in [5, 5.41) is 11.9. The third-order valence-electron chi connectivity index (χ3n) is 5.85. The number of carbonyl (C=O) groups excluding carboxylic acids is 2. The smallest absolute Gasteiger partial charge is 0.262 e. The molecule has 0 saturated carbocycles. The maximum atomic E-state index is 13.0. The Bertz CT molecular complexity index is 1210. The molecular weight excluding hydrogens is 484 g/mol. The highest BCUT2D eigenvalue weighted by atomic mass is 32.2. The molecule has 1 fully saturated rings. The lowest BCUT2D eigenvalue weighted by Gasteiger charge is -2.37. The lowest BCUT2D eigenvalue weighted by Crippen LogP contribution is -2.58. The number of nitrogens with one attached hydrogen (secondary N) is 2. The number of ether oxygens (including phenoxy) is 1. The van der Waals surface area contributed by atoms with Gasteiger partial charge in [0.15, 0.2) is 0 Å². The van der Waals surface area contributed by atoms with E-state index in [-0.39, 0.29) is 44.2 Å². The molecule has 1 atom stereocenters. The first-order chi connectivity index (χ1) is 17.3. The zero-order valence-corrected chi connectivity index (χ0v) is 21.0. The van der Waals surface area contributed by atoms with Crippen LogP contribution in [0.15, 0.2) is 53.4 Å². The van der Waals surface area contributed by atoms with E-state index in [0.29, 0.717) is 11.3 Å². The molecule has 0 spiro atoms. The van der Waals surface area contributed by atoms with Crippen molar-refractivity contribution in [3.8, 4) is 17.6 Å². The van der Waals surface area contributed by atoms with Gasteiger partial charge in [-0.05, 0) is 50.2 Å². The van der Waals surface area contributed by atoms with Gasteiger partial charge in [0.25, 0.3) is 11.8 Å². The van der Waals surface area contributed by atoms with Gasteiger partial charge in [-0.25, -0.2) is 13.9 Å². The van der Waals surface area contributed by atoms with Crippen molar-refractivity contribution in [2.75, 3.05) is 39.3 Å². The summed E-state index contributed by atoms with van der Waals surface area (Å²) in [7, 11) is -3.66. The van der Waals surface area contributed by atoms with Crippen molar-refractivity contribution in [3.05, 3.63) is 59.7 Å². The largest absolute Gasteiger partial charge is 0.481 e. The van der Waals surface area contributed by atoms with Gasteiger partial charge >= 0.3 is 0 Å². The molecule has 1 saturated heterocycles. The first-order valence-corrected chi connectivity index (χ1v) is 12.9. The molecule has 1 heterocycles. The Balaban J connectivity index is 1.59. The highest BCUT2D eigenvalue weighted by molar-refractivity contribution is 7.89. The lowest BCUT2D eigenvalue weighted by atomic mass is 10.1. The van der Waals surface area contributed by atoms with Crippen molar-refractivity contribution in [3.63, 3.8) is 0 Å². The number of aryl methyl sites for hydroxylation is 1. The third-order valence-corrected chi connectivity index (χ3v) is 7.76. The van der Waals surface area contributed by atoms with Crippen LogP contribution in [0.4, 0.5) is 0 Å². The van der Waals surface area contributed by atoms with Crippen LogP contribution in [-0.4, -0.2) is 80.0 Å². The molecule has 2 aromatic carbocycles. The summed E-state index contributed by atoms with van der Waals surface area (Å²) in [6, 6.07) is 12.3. The van der Waals surface area contributed by atoms with Crippen LogP contribution in [0, 0.1) is 18.8 Å². The van der Waals surface area contributed by atoms with Crippen LogP contribution < -0.4 is 15.5 Å². The van der Waals surface area contributed by atoms with Crippen LogP contribution in [0.1, 0.15) is 22.8 Å². The average Bonchev–Trinajstić information content (AvgIpc) is 2.89. The topological polar surface area (TPSA) is 128 Å². The number of nitrogens with zero attached hydrogens (tertiary/aromatic N) is 2. The molecule has 1 aliphatic rings. The molecular formula is C25H30N4O6S. The van der Waals surface area contributed by atoms with E-state index in [1.807, 2.05) is 6.92 Å². The molecule has 192 valence electrons. The van der Waals surface area contributed by atoms with Crippen LogP contribution in [0.25, 0.3) is 0 Å². The molecule has 2 amide bonds. The number of hydrogen-bond donors (Lipinski definition) is 3. The van der Waals surface area contributed by atoms with Gasteiger partial charge in [0.2, 0.25) is 10.0 Å². The molecule has 2 aromatic rings. The third kappa shape index (κ3) is 6.83. The normalized spacial score (nSPS) is 15.3. The second-order valence-corrected chi connectivity index (χ2v) is 10.1. The summed E-state index contributed by atoms with van der Waals surface area (Å²) in [5.41, 5.74) is 2.98. The van der Waals surface area contributed by atoms with Crippen LogP contribution >= 0.6 is 0 Å². The first kappa shape index (κ1) is 27.2. The molecule has 0 aromatic heterocycles. The maximum absolute atomic E-state index is 13.0. The highest BCUT2D eigenvalue weighted by Gasteiger charge is 2.33. The predicted octanol–water partition coefficient (Wildman–Crippen LogP) is 1.01. The predicted molar refractivity (Wildman–Crippen MR) is 133 cm³/mol. The van der Waals surface area contributed by atoms with Crippen LogP contribution in [0.2, 0.25) is 0 Å². The zero-order valence-electron chi connectivity index (χ0n) is 20.2. The minimum atomic E-state index is -3.66. The fourth-order valence-electron chi connectivity index (χ4n) is 3.76. The Morgan fingerprint density at radius 1 is 1.06 bits per heavy atom. The maximum Gasteiger partial charge on any atom is 0.262 e. The summed E-state index contributed by atoms with van der Waals surface area (Å²) in [6.45, 7) is 4.63. The van der Waals surface area contributed by atoms with E-state index in [2.05, 4.69) is 17.2 Å². The quantitative estimate of drug-likeness (QED) is 0.259. The van der Waals surface area contributed by atoms with E-state index >= 15 is 0 Å². The minimum absolute atomic E-state index is 0.0692. The van der Waals surface area contributed by atoms with E-state index < -0.39 is 27.9 Å². The van der Waals surface area contributed by atoms with Gasteiger partial charge in [-0.1, -0.05) is 23.6 Å². The highest BCUT2D eigenvalue weighted by Crippen LogP contribution is 2.19. The van der Waals surface area contributed by atoms with Gasteiger partial charge in [-0.2, -0.15) is 4.31 Å². The lowest BCUT2D eigenvalue weighted by molar-refractivity contribution is -0.135. The van der Waals surface area contributed by atoms with Crippen molar-refractivity contribution in [1.29, 1.82) is 0 Å². The monoisotopic (exact) mass is 514 g/mol. The van der Waals surface area contributed by atoms with Crippen LogP contribution in [0.5, 0.6) is 5.75 Å². The fourth-order valence-corrected chi connectivity index (χ4v) is 5.18. The molecule has 3 N–H and O–H groups in total. The Morgan fingerprint density at radius 2 is 1.69 bits per heavy atom.